The molecule has 13 heteroatoms. The summed E-state index contributed by atoms with van der Waals surface area (Å²) >= 11 is 0. The molecule has 7 N–H and O–H groups in total. The summed E-state index contributed by atoms with van der Waals surface area (Å²) in [5.41, 5.74) is -1.28. The van der Waals surface area contributed by atoms with Gasteiger partial charge < -0.3 is 41.5 Å². The number of rotatable bonds is 14. The van der Waals surface area contributed by atoms with Crippen molar-refractivity contribution in [2.75, 3.05) is 32.8 Å². The van der Waals surface area contributed by atoms with E-state index in [1.807, 2.05) is 0 Å². The van der Waals surface area contributed by atoms with Gasteiger partial charge in [0.1, 0.15) is 18.1 Å². The fraction of sp³-hybridized carbons (Fsp3) is 0.182. The highest BCUT2D eigenvalue weighted by Gasteiger charge is 2.42. The minimum Gasteiger partial charge on any atom is -0.507 e. The summed E-state index contributed by atoms with van der Waals surface area (Å²) in [7, 11) is 0. The molecule has 238 valence electrons. The fourth-order valence-corrected chi connectivity index (χ4v) is 4.23. The summed E-state index contributed by atoms with van der Waals surface area (Å²) < 4.78 is 5.60. The van der Waals surface area contributed by atoms with Gasteiger partial charge in [-0.1, -0.05) is 60.7 Å². The molecule has 3 amide bonds. The van der Waals surface area contributed by atoms with Gasteiger partial charge in [-0.25, -0.2) is 4.79 Å². The molecule has 3 aromatic carbocycles. The number of carbonyl (C=O) groups is 4. The number of phenolic OH excluding ortho intramolecular Hbond substituents is 1. The second-order valence-corrected chi connectivity index (χ2v) is 9.97. The molecule has 13 nitrogen and oxygen atoms in total. The van der Waals surface area contributed by atoms with Gasteiger partial charge in [0.05, 0.1) is 25.2 Å². The molecule has 4 rings (SSSR count). The van der Waals surface area contributed by atoms with Crippen LogP contribution in [0.3, 0.4) is 0 Å². The molecule has 0 aromatic heterocycles. The van der Waals surface area contributed by atoms with Crippen LogP contribution in [0.4, 0.5) is 0 Å². The summed E-state index contributed by atoms with van der Waals surface area (Å²) in [6.07, 6.45) is 5.15. The minimum atomic E-state index is -2.46. The van der Waals surface area contributed by atoms with E-state index in [4.69, 9.17) is 4.74 Å². The Hall–Kier alpha value is -6.11. The molecule has 0 aliphatic carbocycles. The van der Waals surface area contributed by atoms with Crippen LogP contribution in [0.15, 0.2) is 96.0 Å². The monoisotopic (exact) mass is 626 g/mol. The van der Waals surface area contributed by atoms with Crippen LogP contribution in [-0.2, 0) is 14.4 Å². The van der Waals surface area contributed by atoms with Gasteiger partial charge in [0.25, 0.3) is 5.91 Å². The number of benzene rings is 3. The molecule has 0 spiro atoms. The zero-order valence-electron chi connectivity index (χ0n) is 24.7. The van der Waals surface area contributed by atoms with E-state index in [0.29, 0.717) is 35.9 Å². The first-order valence-corrected chi connectivity index (χ1v) is 14.3. The van der Waals surface area contributed by atoms with Crippen molar-refractivity contribution in [1.29, 1.82) is 0 Å². The number of ether oxygens (including phenoxy) is 1. The number of aromatic hydroxyl groups is 1. The summed E-state index contributed by atoms with van der Waals surface area (Å²) in [6.45, 7) is 1.40. The number of carboxylic acids is 1. The number of aliphatic carboxylic acids is 1. The fourth-order valence-electron chi connectivity index (χ4n) is 4.23. The lowest BCUT2D eigenvalue weighted by Crippen LogP contribution is -2.70. The zero-order valence-corrected chi connectivity index (χ0v) is 24.7. The van der Waals surface area contributed by atoms with E-state index in [-0.39, 0.29) is 12.2 Å². The van der Waals surface area contributed by atoms with E-state index in [9.17, 15) is 29.4 Å². The van der Waals surface area contributed by atoms with Gasteiger partial charge in [0.2, 0.25) is 17.5 Å². The molecular formula is C33H34N6O7. The number of hydrogen-bond donors (Lipinski definition) is 7. The van der Waals surface area contributed by atoms with Crippen molar-refractivity contribution < 1.29 is 34.1 Å². The van der Waals surface area contributed by atoms with Crippen LogP contribution in [0, 0.1) is 0 Å². The number of nitrogens with zero attached hydrogens (tertiary/aromatic N) is 1. The maximum Gasteiger partial charge on any atom is 0.352 e. The van der Waals surface area contributed by atoms with Crippen LogP contribution >= 0.6 is 0 Å². The molecule has 3 aromatic rings. The smallest absolute Gasteiger partial charge is 0.352 e. The van der Waals surface area contributed by atoms with Crippen molar-refractivity contribution in [2.24, 2.45) is 4.99 Å². The van der Waals surface area contributed by atoms with E-state index in [0.717, 1.165) is 18.7 Å². The van der Waals surface area contributed by atoms with E-state index in [1.165, 1.54) is 30.4 Å². The van der Waals surface area contributed by atoms with Crippen molar-refractivity contribution in [3.63, 3.8) is 0 Å². The molecule has 1 heterocycles. The van der Waals surface area contributed by atoms with Crippen LogP contribution in [0.1, 0.15) is 21.5 Å². The average molecular weight is 627 g/mol. The first kappa shape index (κ1) is 32.8. The van der Waals surface area contributed by atoms with Crippen molar-refractivity contribution in [3.05, 3.63) is 108 Å². The third kappa shape index (κ3) is 9.71. The van der Waals surface area contributed by atoms with Crippen LogP contribution in [0.5, 0.6) is 11.5 Å². The molecule has 0 fully saturated rings. The van der Waals surface area contributed by atoms with Gasteiger partial charge in [-0.15, -0.1) is 0 Å². The van der Waals surface area contributed by atoms with Crippen LogP contribution in [-0.4, -0.2) is 78.3 Å². The molecule has 0 saturated carbocycles. The number of phenols is 1. The lowest BCUT2D eigenvalue weighted by atomic mass is 10.1. The topological polar surface area (TPSA) is 190 Å². The van der Waals surface area contributed by atoms with Crippen molar-refractivity contribution in [2.45, 2.75) is 5.66 Å². The van der Waals surface area contributed by atoms with E-state index in [1.54, 1.807) is 60.7 Å². The van der Waals surface area contributed by atoms with Gasteiger partial charge in [-0.3, -0.25) is 19.4 Å². The van der Waals surface area contributed by atoms with E-state index >= 15 is 0 Å². The Morgan fingerprint density at radius 2 is 1.50 bits per heavy atom. The zero-order chi connectivity index (χ0) is 32.8. The minimum absolute atomic E-state index is 0.181. The standard InChI is InChI=1S/C33H34N6O7/c40-27-21-25(46-20-19-36-32-34-17-18-35-32)13-14-26(27)30(43)37-22-33(31(44)45,38-28(41)15-11-23-7-3-1-4-8-23)39-29(42)16-12-24-9-5-2-6-10-24/h1-16,21,40H,17-20,22H2,(H,37,43)(H,38,41)(H,39,42)(H,44,45)(H2,34,35,36). The SMILES string of the molecule is O=C(C=Cc1ccccc1)NC(CNC(=O)c1ccc(OCCNC2=NCCN2)cc1O)(NC(=O)C=Cc1ccccc1)C(=O)O. The van der Waals surface area contributed by atoms with E-state index < -0.39 is 41.6 Å². The number of guanidine groups is 1. The molecule has 1 aliphatic heterocycles. The maximum atomic E-state index is 13.1. The molecule has 46 heavy (non-hydrogen) atoms. The highest BCUT2D eigenvalue weighted by atomic mass is 16.5. The van der Waals surface area contributed by atoms with Crippen molar-refractivity contribution in [3.8, 4) is 11.5 Å². The Kier molecular flexibility index (Phi) is 11.5. The summed E-state index contributed by atoms with van der Waals surface area (Å²) in [6, 6.07) is 21.7. The molecule has 0 unspecified atom stereocenters. The molecule has 1 aliphatic rings. The van der Waals surface area contributed by atoms with Gasteiger partial charge >= 0.3 is 5.97 Å². The number of hydrogen-bond acceptors (Lipinski definition) is 9. The second-order valence-electron chi connectivity index (χ2n) is 9.97. The number of amides is 3. The summed E-state index contributed by atoms with van der Waals surface area (Å²) in [5.74, 6) is -3.63. The number of carbonyl (C=O) groups excluding carboxylic acids is 3. The molecular weight excluding hydrogens is 592 g/mol. The quantitative estimate of drug-likeness (QED) is 0.0790. The average Bonchev–Trinajstić information content (AvgIpc) is 3.58. The largest absolute Gasteiger partial charge is 0.507 e. The predicted octanol–water partition coefficient (Wildman–Crippen LogP) is 1.49. The first-order chi connectivity index (χ1) is 22.2. The number of nitrogens with one attached hydrogen (secondary N) is 5. The second kappa shape index (κ2) is 16.1. The Balaban J connectivity index is 1.45. The van der Waals surface area contributed by atoms with Crippen LogP contribution in [0.25, 0.3) is 12.2 Å². The van der Waals surface area contributed by atoms with Crippen LogP contribution in [0.2, 0.25) is 0 Å². The molecule has 0 atom stereocenters. The Morgan fingerprint density at radius 3 is 2.02 bits per heavy atom. The Bertz CT molecular complexity index is 1560. The molecule has 0 radical (unpaired) electrons. The van der Waals surface area contributed by atoms with Gasteiger partial charge in [0.15, 0.2) is 5.96 Å². The van der Waals surface area contributed by atoms with Gasteiger partial charge in [0, 0.05) is 24.8 Å². The predicted molar refractivity (Wildman–Crippen MR) is 172 cm³/mol. The molecule has 0 saturated heterocycles. The third-order valence-electron chi connectivity index (χ3n) is 6.56. The lowest BCUT2D eigenvalue weighted by Gasteiger charge is -2.31. The first-order valence-electron chi connectivity index (χ1n) is 14.3. The van der Waals surface area contributed by atoms with Gasteiger partial charge in [-0.05, 0) is 35.4 Å². The third-order valence-corrected chi connectivity index (χ3v) is 6.56. The Labute approximate surface area is 265 Å². The number of aliphatic imine (C=N–C) groups is 1. The van der Waals surface area contributed by atoms with Crippen LogP contribution < -0.4 is 31.3 Å². The van der Waals surface area contributed by atoms with E-state index in [2.05, 4.69) is 31.6 Å². The normalized spacial score (nSPS) is 13.7. The van der Waals surface area contributed by atoms with Gasteiger partial charge in [-0.2, -0.15) is 0 Å². The maximum absolute atomic E-state index is 13.1. The number of carboxylic acid groups (broad SMARTS) is 1. The molecule has 0 bridgehead atoms. The lowest BCUT2D eigenvalue weighted by molar-refractivity contribution is -0.150. The highest BCUT2D eigenvalue weighted by Crippen LogP contribution is 2.23. The van der Waals surface area contributed by atoms with Crippen molar-refractivity contribution in [1.82, 2.24) is 26.6 Å². The van der Waals surface area contributed by atoms with Crippen molar-refractivity contribution >= 4 is 41.8 Å². The highest BCUT2D eigenvalue weighted by molar-refractivity contribution is 6.01. The summed E-state index contributed by atoms with van der Waals surface area (Å²) in [4.78, 5) is 55.6. The summed E-state index contributed by atoms with van der Waals surface area (Å²) in [5, 5.41) is 33.9. The Morgan fingerprint density at radius 1 is 0.891 bits per heavy atom.